The zero-order valence-corrected chi connectivity index (χ0v) is 30.0. The lowest BCUT2D eigenvalue weighted by atomic mass is 10.1. The topological polar surface area (TPSA) is 74.3 Å². The average molecular weight is 718 g/mol. The molecule has 0 bridgehead atoms. The fraction of sp³-hybridized carbons (Fsp3) is 0. The molecule has 0 radical (unpaired) electrons. The summed E-state index contributed by atoms with van der Waals surface area (Å²) in [6.07, 6.45) is 3.76. The Hall–Kier alpha value is -7.77. The van der Waals surface area contributed by atoms with Gasteiger partial charge >= 0.3 is 0 Å². The molecule has 0 aliphatic rings. The Balaban J connectivity index is 1.20. The predicted octanol–water partition coefficient (Wildman–Crippen LogP) is 11.5. The highest BCUT2D eigenvalue weighted by atomic mass is 15.2. The summed E-state index contributed by atoms with van der Waals surface area (Å²) in [5.41, 5.74) is 10.8. The zero-order valence-electron chi connectivity index (χ0n) is 30.0. The second-order valence-corrected chi connectivity index (χ2v) is 13.8. The van der Waals surface area contributed by atoms with Crippen LogP contribution in [0.3, 0.4) is 0 Å². The summed E-state index contributed by atoms with van der Waals surface area (Å²) in [4.78, 5) is 25.3. The average Bonchev–Trinajstić information content (AvgIpc) is 3.80. The van der Waals surface area contributed by atoms with Gasteiger partial charge in [0.15, 0.2) is 11.6 Å². The number of hydrogen-bond donors (Lipinski definition) is 0. The van der Waals surface area contributed by atoms with E-state index in [1.165, 1.54) is 5.39 Å². The van der Waals surface area contributed by atoms with E-state index in [4.69, 9.17) is 24.9 Å². The van der Waals surface area contributed by atoms with Crippen LogP contribution in [0, 0.1) is 0 Å². The van der Waals surface area contributed by atoms with Crippen molar-refractivity contribution < 1.29 is 0 Å². The molecule has 11 rings (SSSR count). The summed E-state index contributed by atoms with van der Waals surface area (Å²) in [5, 5.41) is 4.53. The Labute approximate surface area is 321 Å². The minimum Gasteiger partial charge on any atom is -0.307 e. The molecule has 7 heteroatoms. The molecule has 0 saturated carbocycles. The highest BCUT2D eigenvalue weighted by Crippen LogP contribution is 2.41. The van der Waals surface area contributed by atoms with Crippen LogP contribution in [0.1, 0.15) is 0 Å². The van der Waals surface area contributed by atoms with Gasteiger partial charge in [0.25, 0.3) is 0 Å². The van der Waals surface area contributed by atoms with Crippen LogP contribution in [-0.2, 0) is 0 Å². The highest BCUT2D eigenvalue weighted by molar-refractivity contribution is 6.23. The SMILES string of the molecule is c1ccc(-c2ccc(-c3nc(-c4ccc(-c5ccccc5)cn4)nc(-n4c5ccccc5c5ccc6c7ccccc7n(-c7ccccc7)c6c54)n3)nc2)cc1. The molecule has 0 fully saturated rings. The van der Waals surface area contributed by atoms with E-state index in [2.05, 4.69) is 137 Å². The van der Waals surface area contributed by atoms with Crippen LogP contribution in [0.15, 0.2) is 188 Å². The second-order valence-electron chi connectivity index (χ2n) is 13.8. The summed E-state index contributed by atoms with van der Waals surface area (Å²) in [6.45, 7) is 0. The summed E-state index contributed by atoms with van der Waals surface area (Å²) in [6, 6.07) is 60.7. The van der Waals surface area contributed by atoms with Crippen molar-refractivity contribution in [3.8, 4) is 56.9 Å². The van der Waals surface area contributed by atoms with Crippen LogP contribution in [0.25, 0.3) is 101 Å². The summed E-state index contributed by atoms with van der Waals surface area (Å²) < 4.78 is 4.55. The fourth-order valence-electron chi connectivity index (χ4n) is 7.90. The van der Waals surface area contributed by atoms with Gasteiger partial charge in [0.2, 0.25) is 5.95 Å². The molecule has 0 unspecified atom stereocenters. The smallest absolute Gasteiger partial charge is 0.238 e. The van der Waals surface area contributed by atoms with Gasteiger partial charge < -0.3 is 4.57 Å². The Morgan fingerprint density at radius 1 is 0.321 bits per heavy atom. The van der Waals surface area contributed by atoms with Crippen LogP contribution in [-0.4, -0.2) is 34.1 Å². The number of nitrogens with zero attached hydrogens (tertiary/aromatic N) is 7. The van der Waals surface area contributed by atoms with Gasteiger partial charge in [-0.2, -0.15) is 9.97 Å². The van der Waals surface area contributed by atoms with E-state index in [1.54, 1.807) is 0 Å². The molecule has 5 aromatic heterocycles. The lowest BCUT2D eigenvalue weighted by Crippen LogP contribution is -2.08. The van der Waals surface area contributed by atoms with E-state index in [0.717, 1.165) is 66.2 Å². The number of rotatable bonds is 6. The number of fused-ring (bicyclic) bond motifs is 7. The first kappa shape index (κ1) is 31.7. The van der Waals surface area contributed by atoms with E-state index in [1.807, 2.05) is 60.9 Å². The van der Waals surface area contributed by atoms with Crippen LogP contribution >= 0.6 is 0 Å². The first-order valence-corrected chi connectivity index (χ1v) is 18.6. The van der Waals surface area contributed by atoms with Crippen molar-refractivity contribution in [2.24, 2.45) is 0 Å². The van der Waals surface area contributed by atoms with Crippen molar-refractivity contribution in [2.45, 2.75) is 0 Å². The first-order valence-electron chi connectivity index (χ1n) is 18.6. The van der Waals surface area contributed by atoms with Crippen LogP contribution in [0.5, 0.6) is 0 Å². The Bertz CT molecular complexity index is 3110. The quantitative estimate of drug-likeness (QED) is 0.171. The number of aromatic nitrogens is 7. The van der Waals surface area contributed by atoms with Crippen molar-refractivity contribution >= 4 is 43.6 Å². The van der Waals surface area contributed by atoms with Gasteiger partial charge in [0.1, 0.15) is 11.4 Å². The largest absolute Gasteiger partial charge is 0.307 e. The molecule has 0 amide bonds. The van der Waals surface area contributed by atoms with Crippen molar-refractivity contribution in [1.29, 1.82) is 0 Å². The first-order chi connectivity index (χ1) is 27.8. The van der Waals surface area contributed by atoms with Gasteiger partial charge in [0, 0.05) is 50.8 Å². The molecular formula is C49H31N7. The summed E-state index contributed by atoms with van der Waals surface area (Å²) in [7, 11) is 0. The van der Waals surface area contributed by atoms with Crippen molar-refractivity contribution in [1.82, 2.24) is 34.1 Å². The number of benzene rings is 6. The standard InChI is InChI=1S/C49H31N7/c1-4-14-32(15-5-1)34-24-28-41(50-30-34)47-52-48(42-29-25-35(31-51-42)33-16-6-2-7-17-33)54-49(53-47)56-44-23-13-11-21-38(44)40-27-26-39-37-20-10-12-22-43(37)55(45(39)46(40)56)36-18-8-3-9-19-36/h1-31H. The molecule has 0 aliphatic heterocycles. The second kappa shape index (κ2) is 13.0. The molecule has 262 valence electrons. The van der Waals surface area contributed by atoms with E-state index < -0.39 is 0 Å². The molecule has 5 heterocycles. The normalized spacial score (nSPS) is 11.6. The molecule has 0 spiro atoms. The minimum atomic E-state index is 0.459. The molecule has 7 nitrogen and oxygen atoms in total. The van der Waals surface area contributed by atoms with Gasteiger partial charge in [-0.1, -0.05) is 140 Å². The molecule has 11 aromatic rings. The van der Waals surface area contributed by atoms with Crippen molar-refractivity contribution in [3.63, 3.8) is 0 Å². The Morgan fingerprint density at radius 2 is 0.768 bits per heavy atom. The van der Waals surface area contributed by atoms with Crippen molar-refractivity contribution in [3.05, 3.63) is 188 Å². The zero-order chi connectivity index (χ0) is 37.0. The van der Waals surface area contributed by atoms with Gasteiger partial charge in [-0.15, -0.1) is 0 Å². The minimum absolute atomic E-state index is 0.459. The predicted molar refractivity (Wildman–Crippen MR) is 226 cm³/mol. The summed E-state index contributed by atoms with van der Waals surface area (Å²) in [5.74, 6) is 1.40. The monoisotopic (exact) mass is 717 g/mol. The maximum Gasteiger partial charge on any atom is 0.238 e. The maximum atomic E-state index is 5.24. The van der Waals surface area contributed by atoms with Gasteiger partial charge in [-0.3, -0.25) is 14.5 Å². The van der Waals surface area contributed by atoms with E-state index in [-0.39, 0.29) is 0 Å². The van der Waals surface area contributed by atoms with E-state index >= 15 is 0 Å². The molecule has 0 N–H and O–H groups in total. The lowest BCUT2D eigenvalue weighted by Gasteiger charge is -2.13. The van der Waals surface area contributed by atoms with Crippen LogP contribution in [0.2, 0.25) is 0 Å². The number of hydrogen-bond acceptors (Lipinski definition) is 5. The van der Waals surface area contributed by atoms with Gasteiger partial charge in [0.05, 0.1) is 22.1 Å². The number of para-hydroxylation sites is 3. The van der Waals surface area contributed by atoms with E-state index in [9.17, 15) is 0 Å². The number of pyridine rings is 2. The summed E-state index contributed by atoms with van der Waals surface area (Å²) >= 11 is 0. The Morgan fingerprint density at radius 3 is 1.27 bits per heavy atom. The van der Waals surface area contributed by atoms with Crippen molar-refractivity contribution in [2.75, 3.05) is 0 Å². The third-order valence-electron chi connectivity index (χ3n) is 10.5. The third kappa shape index (κ3) is 5.17. The molecule has 0 atom stereocenters. The van der Waals surface area contributed by atoms with E-state index in [0.29, 0.717) is 29.0 Å². The molecule has 0 aliphatic carbocycles. The maximum absolute atomic E-state index is 5.24. The fourth-order valence-corrected chi connectivity index (χ4v) is 7.90. The molecular weight excluding hydrogens is 687 g/mol. The van der Waals surface area contributed by atoms with Gasteiger partial charge in [-0.25, -0.2) is 4.98 Å². The third-order valence-corrected chi connectivity index (χ3v) is 10.5. The molecule has 0 saturated heterocycles. The lowest BCUT2D eigenvalue weighted by molar-refractivity contribution is 0.943. The van der Waals surface area contributed by atoms with Crippen LogP contribution in [0.4, 0.5) is 0 Å². The molecule has 56 heavy (non-hydrogen) atoms. The van der Waals surface area contributed by atoms with Crippen LogP contribution < -0.4 is 0 Å². The highest BCUT2D eigenvalue weighted by Gasteiger charge is 2.23. The molecule has 6 aromatic carbocycles. The van der Waals surface area contributed by atoms with Gasteiger partial charge in [-0.05, 0) is 47.5 Å². The Kier molecular flexibility index (Phi) is 7.35.